The van der Waals surface area contributed by atoms with E-state index in [1.165, 1.54) is 6.92 Å². The number of fused-ring (bicyclic) bond motifs is 1. The van der Waals surface area contributed by atoms with Gasteiger partial charge in [-0.15, -0.1) is 0 Å². The molecule has 7 nitrogen and oxygen atoms in total. The Morgan fingerprint density at radius 3 is 2.61 bits per heavy atom. The van der Waals surface area contributed by atoms with Crippen LogP contribution in [0.3, 0.4) is 0 Å². The molecule has 4 atom stereocenters. The van der Waals surface area contributed by atoms with Crippen molar-refractivity contribution in [3.8, 4) is 0 Å². The lowest BCUT2D eigenvalue weighted by Gasteiger charge is -2.22. The molecule has 0 unspecified atom stereocenters. The smallest absolute Gasteiger partial charge is 0.302 e. The van der Waals surface area contributed by atoms with E-state index >= 15 is 0 Å². The number of esters is 1. The van der Waals surface area contributed by atoms with E-state index in [1.54, 1.807) is 13.8 Å². The maximum Gasteiger partial charge on any atom is 0.302 e. The zero-order chi connectivity index (χ0) is 13.5. The summed E-state index contributed by atoms with van der Waals surface area (Å²) in [6.07, 6.45) is -0.839. The SMILES string of the molecule is CC(=O)O[C@H]1C[C@@H](C[N+](=O)[O-])[C@@H]2OC(C)(C)O[C@@H]21. The molecule has 2 fully saturated rings. The molecular formula is C11H17NO6. The van der Waals surface area contributed by atoms with Crippen LogP contribution in [0.4, 0.5) is 0 Å². The molecule has 0 aromatic heterocycles. The second-order valence-corrected chi connectivity index (χ2v) is 5.22. The van der Waals surface area contributed by atoms with Gasteiger partial charge in [-0.2, -0.15) is 0 Å². The minimum absolute atomic E-state index is 0.196. The third kappa shape index (κ3) is 2.62. The van der Waals surface area contributed by atoms with Gasteiger partial charge in [-0.1, -0.05) is 0 Å². The van der Waals surface area contributed by atoms with Crippen molar-refractivity contribution in [1.82, 2.24) is 0 Å². The number of rotatable bonds is 3. The quantitative estimate of drug-likeness (QED) is 0.422. The van der Waals surface area contributed by atoms with Crippen molar-refractivity contribution < 1.29 is 23.9 Å². The molecule has 1 aliphatic heterocycles. The first-order valence-corrected chi connectivity index (χ1v) is 5.93. The largest absolute Gasteiger partial charge is 0.460 e. The number of ether oxygens (including phenoxy) is 3. The van der Waals surface area contributed by atoms with Crippen LogP contribution in [0.2, 0.25) is 0 Å². The molecule has 0 aromatic carbocycles. The van der Waals surface area contributed by atoms with Crippen LogP contribution in [0.15, 0.2) is 0 Å². The minimum Gasteiger partial charge on any atom is -0.460 e. The summed E-state index contributed by atoms with van der Waals surface area (Å²) in [6, 6.07) is 0. The Kier molecular flexibility index (Phi) is 3.29. The second-order valence-electron chi connectivity index (χ2n) is 5.22. The highest BCUT2D eigenvalue weighted by Gasteiger charge is 2.56. The Bertz CT molecular complexity index is 337. The summed E-state index contributed by atoms with van der Waals surface area (Å²) in [5.74, 6) is -1.48. The molecule has 102 valence electrons. The topological polar surface area (TPSA) is 87.9 Å². The highest BCUT2D eigenvalue weighted by molar-refractivity contribution is 5.66. The molecule has 1 heterocycles. The van der Waals surface area contributed by atoms with Gasteiger partial charge in [-0.3, -0.25) is 14.9 Å². The van der Waals surface area contributed by atoms with Crippen molar-refractivity contribution in [3.05, 3.63) is 10.1 Å². The predicted molar refractivity (Wildman–Crippen MR) is 59.3 cm³/mol. The fraction of sp³-hybridized carbons (Fsp3) is 0.909. The number of carbonyl (C=O) groups excluding carboxylic acids is 1. The summed E-state index contributed by atoms with van der Waals surface area (Å²) < 4.78 is 16.5. The molecule has 0 aromatic rings. The third-order valence-electron chi connectivity index (χ3n) is 3.23. The van der Waals surface area contributed by atoms with Gasteiger partial charge in [0.15, 0.2) is 5.79 Å². The third-order valence-corrected chi connectivity index (χ3v) is 3.23. The summed E-state index contributed by atoms with van der Waals surface area (Å²) in [4.78, 5) is 21.3. The molecule has 18 heavy (non-hydrogen) atoms. The Balaban J connectivity index is 2.12. The van der Waals surface area contributed by atoms with Crippen LogP contribution < -0.4 is 0 Å². The van der Waals surface area contributed by atoms with E-state index in [1.807, 2.05) is 0 Å². The molecule has 2 rings (SSSR count). The van der Waals surface area contributed by atoms with Gasteiger partial charge in [-0.25, -0.2) is 0 Å². The number of hydrogen-bond donors (Lipinski definition) is 0. The maximum atomic E-state index is 11.0. The van der Waals surface area contributed by atoms with E-state index < -0.39 is 24.0 Å². The van der Waals surface area contributed by atoms with E-state index in [0.717, 1.165) is 0 Å². The van der Waals surface area contributed by atoms with Gasteiger partial charge in [-0.05, 0) is 20.3 Å². The average molecular weight is 259 g/mol. The lowest BCUT2D eigenvalue weighted by Crippen LogP contribution is -2.32. The lowest BCUT2D eigenvalue weighted by atomic mass is 10.1. The van der Waals surface area contributed by atoms with Crippen molar-refractivity contribution in [2.75, 3.05) is 6.54 Å². The van der Waals surface area contributed by atoms with E-state index in [9.17, 15) is 14.9 Å². The molecule has 1 saturated heterocycles. The molecule has 1 aliphatic carbocycles. The number of hydrogen-bond acceptors (Lipinski definition) is 6. The summed E-state index contributed by atoms with van der Waals surface area (Å²) >= 11 is 0. The zero-order valence-corrected chi connectivity index (χ0v) is 10.6. The van der Waals surface area contributed by atoms with Crippen LogP contribution >= 0.6 is 0 Å². The van der Waals surface area contributed by atoms with E-state index in [0.29, 0.717) is 6.42 Å². The normalized spacial score (nSPS) is 37.3. The van der Waals surface area contributed by atoms with Crippen LogP contribution in [-0.4, -0.2) is 41.5 Å². The molecule has 1 saturated carbocycles. The minimum atomic E-state index is -0.789. The number of nitro groups is 1. The molecule has 7 heteroatoms. The molecular weight excluding hydrogens is 242 g/mol. The number of nitrogens with zero attached hydrogens (tertiary/aromatic N) is 1. The van der Waals surface area contributed by atoms with Gasteiger partial charge in [0.05, 0.1) is 5.92 Å². The maximum absolute atomic E-state index is 11.0. The Morgan fingerprint density at radius 1 is 1.44 bits per heavy atom. The average Bonchev–Trinajstić information content (AvgIpc) is 2.62. The highest BCUT2D eigenvalue weighted by Crippen LogP contribution is 2.42. The summed E-state index contributed by atoms with van der Waals surface area (Å²) in [7, 11) is 0. The Labute approximate surface area is 105 Å². The summed E-state index contributed by atoms with van der Waals surface area (Å²) in [5.41, 5.74) is 0. The molecule has 0 radical (unpaired) electrons. The first kappa shape index (κ1) is 13.2. The van der Waals surface area contributed by atoms with Gasteiger partial charge >= 0.3 is 5.97 Å². The van der Waals surface area contributed by atoms with Crippen LogP contribution in [0.25, 0.3) is 0 Å². The second kappa shape index (κ2) is 4.47. The van der Waals surface area contributed by atoms with Gasteiger partial charge in [0.2, 0.25) is 6.54 Å². The summed E-state index contributed by atoms with van der Waals surface area (Å²) in [5, 5.41) is 10.6. The zero-order valence-electron chi connectivity index (χ0n) is 10.6. The predicted octanol–water partition coefficient (Wildman–Crippen LogP) is 0.735. The van der Waals surface area contributed by atoms with Gasteiger partial charge in [0, 0.05) is 11.8 Å². The molecule has 2 aliphatic rings. The Morgan fingerprint density at radius 2 is 2.06 bits per heavy atom. The van der Waals surface area contributed by atoms with Crippen molar-refractivity contribution in [3.63, 3.8) is 0 Å². The van der Waals surface area contributed by atoms with E-state index in [-0.39, 0.29) is 23.5 Å². The first-order chi connectivity index (χ1) is 8.28. The molecule has 0 spiro atoms. The van der Waals surface area contributed by atoms with Crippen LogP contribution in [0.1, 0.15) is 27.2 Å². The molecule has 0 N–H and O–H groups in total. The molecule has 0 bridgehead atoms. The van der Waals surface area contributed by atoms with Gasteiger partial charge in [0.1, 0.15) is 18.3 Å². The standard InChI is InChI=1S/C11H17NO6/c1-6(13)16-8-4-7(5-12(14)15)9-10(8)18-11(2,3)17-9/h7-10H,4-5H2,1-3H3/t7-,8-,9-,10+/m0/s1. The highest BCUT2D eigenvalue weighted by atomic mass is 16.8. The molecule has 0 amide bonds. The van der Waals surface area contributed by atoms with E-state index in [2.05, 4.69) is 0 Å². The Hall–Kier alpha value is -1.21. The van der Waals surface area contributed by atoms with E-state index in [4.69, 9.17) is 14.2 Å². The van der Waals surface area contributed by atoms with Crippen LogP contribution in [0, 0.1) is 16.0 Å². The fourth-order valence-electron chi connectivity index (χ4n) is 2.73. The monoisotopic (exact) mass is 259 g/mol. The summed E-state index contributed by atoms with van der Waals surface area (Å²) in [6.45, 7) is 4.62. The van der Waals surface area contributed by atoms with Crippen molar-refractivity contribution in [1.29, 1.82) is 0 Å². The van der Waals surface area contributed by atoms with Crippen molar-refractivity contribution in [2.45, 2.75) is 51.3 Å². The van der Waals surface area contributed by atoms with Crippen molar-refractivity contribution in [2.24, 2.45) is 5.92 Å². The fourth-order valence-corrected chi connectivity index (χ4v) is 2.73. The number of carbonyl (C=O) groups is 1. The van der Waals surface area contributed by atoms with Gasteiger partial charge < -0.3 is 14.2 Å². The lowest BCUT2D eigenvalue weighted by molar-refractivity contribution is -0.490. The van der Waals surface area contributed by atoms with Crippen LogP contribution in [-0.2, 0) is 19.0 Å². The van der Waals surface area contributed by atoms with Crippen LogP contribution in [0.5, 0.6) is 0 Å². The van der Waals surface area contributed by atoms with Gasteiger partial charge in [0.25, 0.3) is 0 Å². The van der Waals surface area contributed by atoms with Crippen molar-refractivity contribution >= 4 is 5.97 Å². The first-order valence-electron chi connectivity index (χ1n) is 5.93.